The second-order valence-electron chi connectivity index (χ2n) is 5.35. The molecule has 1 aromatic carbocycles. The summed E-state index contributed by atoms with van der Waals surface area (Å²) >= 11 is 0. The van der Waals surface area contributed by atoms with Gasteiger partial charge in [0.1, 0.15) is 12.4 Å². The van der Waals surface area contributed by atoms with Gasteiger partial charge in [0.05, 0.1) is 25.7 Å². The first kappa shape index (κ1) is 13.9. The molecular weight excluding hydrogens is 272 g/mol. The zero-order valence-electron chi connectivity index (χ0n) is 11.9. The summed E-state index contributed by atoms with van der Waals surface area (Å²) in [6, 6.07) is 7.40. The Balaban J connectivity index is 1.62. The van der Waals surface area contributed by atoms with E-state index in [9.17, 15) is 9.59 Å². The molecule has 2 aliphatic rings. The van der Waals surface area contributed by atoms with Gasteiger partial charge in [-0.2, -0.15) is 0 Å². The Morgan fingerprint density at radius 3 is 3.14 bits per heavy atom. The third-order valence-electron chi connectivity index (χ3n) is 3.88. The van der Waals surface area contributed by atoms with Crippen LogP contribution in [-0.4, -0.2) is 55.7 Å². The number of fused-ring (bicyclic) bond motifs is 1. The van der Waals surface area contributed by atoms with Crippen molar-refractivity contribution in [3.8, 4) is 5.75 Å². The van der Waals surface area contributed by atoms with Crippen molar-refractivity contribution in [3.05, 3.63) is 29.8 Å². The van der Waals surface area contributed by atoms with Gasteiger partial charge in [-0.05, 0) is 17.7 Å². The molecule has 1 aromatic rings. The zero-order chi connectivity index (χ0) is 14.8. The molecule has 6 nitrogen and oxygen atoms in total. The molecule has 0 radical (unpaired) electrons. The Morgan fingerprint density at radius 2 is 2.33 bits per heavy atom. The molecule has 2 amide bonds. The summed E-state index contributed by atoms with van der Waals surface area (Å²) in [5.41, 5.74) is 0.916. The third kappa shape index (κ3) is 3.00. The van der Waals surface area contributed by atoms with Gasteiger partial charge in [-0.15, -0.1) is 0 Å². The maximum atomic E-state index is 12.4. The van der Waals surface area contributed by atoms with E-state index in [1.165, 1.54) is 0 Å². The van der Waals surface area contributed by atoms with Gasteiger partial charge >= 0.3 is 0 Å². The van der Waals surface area contributed by atoms with E-state index in [4.69, 9.17) is 9.47 Å². The van der Waals surface area contributed by atoms with Crippen LogP contribution in [0.4, 0.5) is 0 Å². The van der Waals surface area contributed by atoms with Gasteiger partial charge in [0.25, 0.3) is 0 Å². The fourth-order valence-corrected chi connectivity index (χ4v) is 2.79. The molecule has 2 unspecified atom stereocenters. The van der Waals surface area contributed by atoms with Crippen LogP contribution in [0.25, 0.3) is 0 Å². The molecule has 0 spiro atoms. The highest BCUT2D eigenvalue weighted by Gasteiger charge is 2.39. The predicted octanol–water partition coefficient (Wildman–Crippen LogP) is -0.0365. The molecule has 112 valence electrons. The number of ether oxygens (including phenoxy) is 2. The summed E-state index contributed by atoms with van der Waals surface area (Å²) in [4.78, 5) is 25.4. The molecule has 0 aromatic heterocycles. The number of morpholine rings is 1. The maximum Gasteiger partial charge on any atom is 0.246 e. The average Bonchev–Trinajstić information content (AvgIpc) is 2.90. The fraction of sp³-hybridized carbons (Fsp3) is 0.467. The Labute approximate surface area is 123 Å². The maximum absolute atomic E-state index is 12.4. The first-order valence-corrected chi connectivity index (χ1v) is 6.97. The second kappa shape index (κ2) is 5.73. The lowest BCUT2D eigenvalue weighted by atomic mass is 10.1. The van der Waals surface area contributed by atoms with Crippen LogP contribution in [0.5, 0.6) is 5.75 Å². The first-order valence-electron chi connectivity index (χ1n) is 6.97. The molecule has 3 rings (SSSR count). The SMILES string of the molecule is COc1cccc(CC(=O)N2CC3NC(=O)COC3C2)c1. The molecule has 2 saturated heterocycles. The van der Waals surface area contributed by atoms with E-state index in [0.29, 0.717) is 19.5 Å². The lowest BCUT2D eigenvalue weighted by molar-refractivity contribution is -0.134. The molecule has 2 fully saturated rings. The molecule has 21 heavy (non-hydrogen) atoms. The Bertz CT molecular complexity index is 560. The Morgan fingerprint density at radius 1 is 1.48 bits per heavy atom. The molecule has 0 bridgehead atoms. The van der Waals surface area contributed by atoms with Crippen LogP contribution in [0.1, 0.15) is 5.56 Å². The number of nitrogens with zero attached hydrogens (tertiary/aromatic N) is 1. The molecule has 0 aliphatic carbocycles. The van der Waals surface area contributed by atoms with Gasteiger partial charge in [0.2, 0.25) is 11.8 Å². The highest BCUT2D eigenvalue weighted by atomic mass is 16.5. The highest BCUT2D eigenvalue weighted by Crippen LogP contribution is 2.19. The minimum atomic E-state index is -0.113. The van der Waals surface area contributed by atoms with Crippen molar-refractivity contribution in [1.29, 1.82) is 0 Å². The van der Waals surface area contributed by atoms with E-state index >= 15 is 0 Å². The second-order valence-corrected chi connectivity index (χ2v) is 5.35. The van der Waals surface area contributed by atoms with Gasteiger partial charge in [0, 0.05) is 13.1 Å². The number of amides is 2. The van der Waals surface area contributed by atoms with Crippen LogP contribution >= 0.6 is 0 Å². The van der Waals surface area contributed by atoms with Crippen molar-refractivity contribution in [2.75, 3.05) is 26.8 Å². The highest BCUT2D eigenvalue weighted by molar-refractivity contribution is 5.81. The summed E-state index contributed by atoms with van der Waals surface area (Å²) in [7, 11) is 1.60. The molecule has 1 N–H and O–H groups in total. The average molecular weight is 290 g/mol. The normalized spacial score (nSPS) is 24.4. The van der Waals surface area contributed by atoms with Crippen molar-refractivity contribution in [2.24, 2.45) is 0 Å². The first-order chi connectivity index (χ1) is 10.2. The lowest BCUT2D eigenvalue weighted by Crippen LogP contribution is -2.50. The standard InChI is InChI=1S/C15H18N2O4/c1-20-11-4-2-3-10(5-11)6-15(19)17-7-12-13(8-17)21-9-14(18)16-12/h2-5,12-13H,6-9H2,1H3,(H,16,18). The number of nitrogens with one attached hydrogen (secondary N) is 1. The fourth-order valence-electron chi connectivity index (χ4n) is 2.79. The van der Waals surface area contributed by atoms with Crippen LogP contribution in [0, 0.1) is 0 Å². The summed E-state index contributed by atoms with van der Waals surface area (Å²) in [5, 5.41) is 2.87. The van der Waals surface area contributed by atoms with Crippen LogP contribution in [0.2, 0.25) is 0 Å². The van der Waals surface area contributed by atoms with Crippen LogP contribution < -0.4 is 10.1 Å². The van der Waals surface area contributed by atoms with E-state index in [1.54, 1.807) is 12.0 Å². The molecule has 0 saturated carbocycles. The van der Waals surface area contributed by atoms with Crippen LogP contribution in [-0.2, 0) is 20.7 Å². The minimum absolute atomic E-state index is 0.0375. The zero-order valence-corrected chi connectivity index (χ0v) is 11.9. The summed E-state index contributed by atoms with van der Waals surface area (Å²) in [6.07, 6.45) is 0.238. The number of rotatable bonds is 3. The number of carbonyl (C=O) groups is 2. The monoisotopic (exact) mass is 290 g/mol. The van der Waals surface area contributed by atoms with Crippen LogP contribution in [0.3, 0.4) is 0 Å². The molecule has 6 heteroatoms. The number of carbonyl (C=O) groups excluding carboxylic acids is 2. The lowest BCUT2D eigenvalue weighted by Gasteiger charge is -2.24. The third-order valence-corrected chi connectivity index (χ3v) is 3.88. The van der Waals surface area contributed by atoms with Crippen LogP contribution in [0.15, 0.2) is 24.3 Å². The molecule has 2 heterocycles. The van der Waals surface area contributed by atoms with Gasteiger partial charge in [-0.3, -0.25) is 9.59 Å². The summed E-state index contributed by atoms with van der Waals surface area (Å²) in [5.74, 6) is 0.667. The van der Waals surface area contributed by atoms with Gasteiger partial charge in [-0.25, -0.2) is 0 Å². The van der Waals surface area contributed by atoms with Crippen molar-refractivity contribution >= 4 is 11.8 Å². The van der Waals surface area contributed by atoms with Crippen molar-refractivity contribution < 1.29 is 19.1 Å². The van der Waals surface area contributed by atoms with E-state index in [1.807, 2.05) is 24.3 Å². The Hall–Kier alpha value is -2.08. The van der Waals surface area contributed by atoms with E-state index in [-0.39, 0.29) is 30.6 Å². The van der Waals surface area contributed by atoms with Crippen molar-refractivity contribution in [3.63, 3.8) is 0 Å². The molecule has 2 aliphatic heterocycles. The van der Waals surface area contributed by atoms with E-state index in [0.717, 1.165) is 11.3 Å². The van der Waals surface area contributed by atoms with Gasteiger partial charge in [0.15, 0.2) is 0 Å². The number of methoxy groups -OCH3 is 1. The quantitative estimate of drug-likeness (QED) is 0.848. The largest absolute Gasteiger partial charge is 0.497 e. The van der Waals surface area contributed by atoms with Crippen molar-refractivity contribution in [1.82, 2.24) is 10.2 Å². The number of likely N-dealkylation sites (tertiary alicyclic amines) is 1. The van der Waals surface area contributed by atoms with E-state index < -0.39 is 0 Å². The summed E-state index contributed by atoms with van der Waals surface area (Å²) < 4.78 is 10.6. The predicted molar refractivity (Wildman–Crippen MR) is 74.9 cm³/mol. The van der Waals surface area contributed by atoms with Gasteiger partial charge < -0.3 is 19.7 Å². The topological polar surface area (TPSA) is 67.9 Å². The summed E-state index contributed by atoms with van der Waals surface area (Å²) in [6.45, 7) is 1.13. The molecule has 2 atom stereocenters. The Kier molecular flexibility index (Phi) is 3.79. The van der Waals surface area contributed by atoms with Gasteiger partial charge in [-0.1, -0.05) is 12.1 Å². The minimum Gasteiger partial charge on any atom is -0.497 e. The number of hydrogen-bond donors (Lipinski definition) is 1. The molecular formula is C15H18N2O4. The smallest absolute Gasteiger partial charge is 0.246 e. The van der Waals surface area contributed by atoms with Crippen molar-refractivity contribution in [2.45, 2.75) is 18.6 Å². The number of hydrogen-bond acceptors (Lipinski definition) is 4. The van der Waals surface area contributed by atoms with E-state index in [2.05, 4.69) is 5.32 Å². The number of benzene rings is 1.